The Balaban J connectivity index is 1.56. The minimum Gasteiger partial charge on any atom is -0.309 e. The maximum Gasteiger partial charge on any atom is 0.0709 e. The quantitative estimate of drug-likeness (QED) is 0.272. The van der Waals surface area contributed by atoms with Gasteiger partial charge in [0.15, 0.2) is 0 Å². The highest BCUT2D eigenvalue weighted by Crippen LogP contribution is 2.47. The molecule has 0 saturated carbocycles. The summed E-state index contributed by atoms with van der Waals surface area (Å²) in [5, 5.41) is 3.76. The summed E-state index contributed by atoms with van der Waals surface area (Å²) >= 11 is 0. The number of nitrogens with zero attached hydrogens (tertiary/aromatic N) is 2. The van der Waals surface area contributed by atoms with Crippen molar-refractivity contribution in [1.29, 1.82) is 0 Å². The zero-order valence-electron chi connectivity index (χ0n) is 18.1. The van der Waals surface area contributed by atoms with Crippen molar-refractivity contribution in [1.82, 2.24) is 9.55 Å². The second-order valence-electron chi connectivity index (χ2n) is 9.30. The van der Waals surface area contributed by atoms with Crippen molar-refractivity contribution < 1.29 is 0 Å². The third kappa shape index (κ3) is 2.22. The largest absolute Gasteiger partial charge is 0.309 e. The molecule has 1 aliphatic heterocycles. The van der Waals surface area contributed by atoms with Crippen molar-refractivity contribution in [3.05, 3.63) is 108 Å². The Morgan fingerprint density at radius 1 is 0.688 bits per heavy atom. The molecule has 152 valence electrons. The molecule has 0 fully saturated rings. The minimum absolute atomic E-state index is 0.0385. The third-order valence-electron chi connectivity index (χ3n) is 7.17. The highest BCUT2D eigenvalue weighted by Gasteiger charge is 2.34. The van der Waals surface area contributed by atoms with E-state index in [-0.39, 0.29) is 5.41 Å². The summed E-state index contributed by atoms with van der Waals surface area (Å²) in [5.41, 5.74) is 9.78. The molecule has 0 aliphatic carbocycles. The number of aromatic nitrogens is 2. The third-order valence-corrected chi connectivity index (χ3v) is 7.17. The number of rotatable bonds is 1. The molecule has 0 bridgehead atoms. The van der Waals surface area contributed by atoms with Gasteiger partial charge in [-0.2, -0.15) is 0 Å². The van der Waals surface area contributed by atoms with Gasteiger partial charge in [-0.3, -0.25) is 0 Å². The molecule has 0 unspecified atom stereocenters. The predicted molar refractivity (Wildman–Crippen MR) is 134 cm³/mol. The van der Waals surface area contributed by atoms with Crippen LogP contribution in [0.4, 0.5) is 0 Å². The normalized spacial score (nSPS) is 14.2. The van der Waals surface area contributed by atoms with Gasteiger partial charge >= 0.3 is 0 Å². The minimum atomic E-state index is -0.0385. The Morgan fingerprint density at radius 2 is 1.50 bits per heavy atom. The van der Waals surface area contributed by atoms with Gasteiger partial charge in [0.1, 0.15) is 0 Å². The van der Waals surface area contributed by atoms with Gasteiger partial charge in [0.25, 0.3) is 0 Å². The van der Waals surface area contributed by atoms with E-state index in [1.807, 2.05) is 6.07 Å². The summed E-state index contributed by atoms with van der Waals surface area (Å²) in [4.78, 5) is 4.94. The lowest BCUT2D eigenvalue weighted by atomic mass is 9.75. The molecule has 0 spiro atoms. The molecule has 0 amide bonds. The van der Waals surface area contributed by atoms with Crippen LogP contribution in [0.1, 0.15) is 25.0 Å². The number of benzene rings is 4. The number of hydrogen-bond donors (Lipinski definition) is 0. The van der Waals surface area contributed by atoms with Crippen molar-refractivity contribution in [3.63, 3.8) is 0 Å². The maximum absolute atomic E-state index is 4.94. The zero-order valence-corrected chi connectivity index (χ0v) is 18.1. The number of fused-ring (bicyclic) bond motifs is 6. The van der Waals surface area contributed by atoms with Crippen LogP contribution in [-0.2, 0) is 5.41 Å². The van der Waals surface area contributed by atoms with Gasteiger partial charge in [-0.15, -0.1) is 0 Å². The van der Waals surface area contributed by atoms with E-state index in [1.54, 1.807) is 0 Å². The van der Waals surface area contributed by atoms with E-state index in [2.05, 4.69) is 109 Å². The van der Waals surface area contributed by atoms with Crippen LogP contribution in [0, 0.1) is 0 Å². The molecule has 32 heavy (non-hydrogen) atoms. The molecule has 0 radical (unpaired) electrons. The molecule has 3 heterocycles. The Bertz CT molecular complexity index is 1700. The summed E-state index contributed by atoms with van der Waals surface area (Å²) in [6.07, 6.45) is 0. The van der Waals surface area contributed by atoms with Crippen molar-refractivity contribution in [2.24, 2.45) is 0 Å². The van der Waals surface area contributed by atoms with Crippen LogP contribution in [0.15, 0.2) is 97.1 Å². The Kier molecular flexibility index (Phi) is 3.37. The number of hydrogen-bond acceptors (Lipinski definition) is 1. The van der Waals surface area contributed by atoms with E-state index < -0.39 is 0 Å². The lowest BCUT2D eigenvalue weighted by Gasteiger charge is -2.34. The van der Waals surface area contributed by atoms with Gasteiger partial charge in [-0.25, -0.2) is 4.98 Å². The van der Waals surface area contributed by atoms with E-state index in [4.69, 9.17) is 4.98 Å². The van der Waals surface area contributed by atoms with Crippen LogP contribution >= 0.6 is 0 Å². The summed E-state index contributed by atoms with van der Waals surface area (Å²) in [6.45, 7) is 4.68. The van der Waals surface area contributed by atoms with E-state index in [9.17, 15) is 0 Å². The molecule has 6 aromatic rings. The number of para-hydroxylation sites is 3. The van der Waals surface area contributed by atoms with Crippen LogP contribution in [0.25, 0.3) is 49.7 Å². The molecule has 1 aliphatic rings. The molecule has 0 N–H and O–H groups in total. The first-order chi connectivity index (χ1) is 15.6. The topological polar surface area (TPSA) is 17.8 Å². The lowest BCUT2D eigenvalue weighted by molar-refractivity contribution is 0.630. The van der Waals surface area contributed by atoms with Crippen molar-refractivity contribution in [3.8, 4) is 16.9 Å². The van der Waals surface area contributed by atoms with E-state index in [1.165, 1.54) is 44.0 Å². The smallest absolute Gasteiger partial charge is 0.0709 e. The first kappa shape index (κ1) is 17.7. The van der Waals surface area contributed by atoms with Gasteiger partial charge in [0.2, 0.25) is 0 Å². The van der Waals surface area contributed by atoms with Gasteiger partial charge in [-0.05, 0) is 41.5 Å². The first-order valence-corrected chi connectivity index (χ1v) is 11.2. The summed E-state index contributed by atoms with van der Waals surface area (Å²) in [5.74, 6) is 0. The fourth-order valence-corrected chi connectivity index (χ4v) is 5.55. The maximum atomic E-state index is 4.94. The second-order valence-corrected chi connectivity index (χ2v) is 9.30. The van der Waals surface area contributed by atoms with Gasteiger partial charge in [0.05, 0.1) is 27.9 Å². The van der Waals surface area contributed by atoms with Gasteiger partial charge in [0, 0.05) is 27.1 Å². The van der Waals surface area contributed by atoms with E-state index >= 15 is 0 Å². The molecule has 0 saturated heterocycles. The standard InChI is InChI=1S/C30H22N2/c1-30(2)23-10-4-6-13-28(23)32-27-17-15-20(18-22(27)21-9-7-11-24(30)29(21)32)26-16-14-19-8-3-5-12-25(19)31-26/h3-18H,1-2H3. The van der Waals surface area contributed by atoms with Crippen molar-refractivity contribution >= 4 is 32.7 Å². The Labute approximate surface area is 186 Å². The highest BCUT2D eigenvalue weighted by molar-refractivity contribution is 6.12. The van der Waals surface area contributed by atoms with E-state index in [0.29, 0.717) is 0 Å². The van der Waals surface area contributed by atoms with Crippen molar-refractivity contribution in [2.45, 2.75) is 19.3 Å². The van der Waals surface area contributed by atoms with Gasteiger partial charge < -0.3 is 4.57 Å². The van der Waals surface area contributed by atoms with Crippen LogP contribution in [0.2, 0.25) is 0 Å². The molecule has 7 rings (SSSR count). The zero-order chi connectivity index (χ0) is 21.4. The molecular formula is C30H22N2. The number of pyridine rings is 1. The van der Waals surface area contributed by atoms with Crippen LogP contribution < -0.4 is 0 Å². The van der Waals surface area contributed by atoms with Crippen LogP contribution in [0.5, 0.6) is 0 Å². The van der Waals surface area contributed by atoms with Gasteiger partial charge in [-0.1, -0.05) is 80.6 Å². The molecular weight excluding hydrogens is 388 g/mol. The van der Waals surface area contributed by atoms with E-state index in [0.717, 1.165) is 16.8 Å². The fraction of sp³-hybridized carbons (Fsp3) is 0.100. The summed E-state index contributed by atoms with van der Waals surface area (Å²) < 4.78 is 2.46. The summed E-state index contributed by atoms with van der Waals surface area (Å²) in [6, 6.07) is 35.0. The van der Waals surface area contributed by atoms with Crippen LogP contribution in [0.3, 0.4) is 0 Å². The average Bonchev–Trinajstić information content (AvgIpc) is 3.17. The fourth-order valence-electron chi connectivity index (χ4n) is 5.55. The molecule has 0 atom stereocenters. The molecule has 4 aromatic carbocycles. The lowest BCUT2D eigenvalue weighted by Crippen LogP contribution is -2.26. The molecule has 2 heteroatoms. The Hall–Kier alpha value is -3.91. The highest BCUT2D eigenvalue weighted by atomic mass is 15.0. The first-order valence-electron chi connectivity index (χ1n) is 11.2. The summed E-state index contributed by atoms with van der Waals surface area (Å²) in [7, 11) is 0. The predicted octanol–water partition coefficient (Wildman–Crippen LogP) is 7.64. The molecule has 2 aromatic heterocycles. The average molecular weight is 411 g/mol. The second kappa shape index (κ2) is 6.08. The molecule has 2 nitrogen and oxygen atoms in total. The van der Waals surface area contributed by atoms with Crippen LogP contribution in [-0.4, -0.2) is 9.55 Å². The monoisotopic (exact) mass is 410 g/mol. The van der Waals surface area contributed by atoms with Crippen molar-refractivity contribution in [2.75, 3.05) is 0 Å². The Morgan fingerprint density at radius 3 is 2.44 bits per heavy atom. The SMILES string of the molecule is CC1(C)c2ccccc2-n2c3ccc(-c4ccc5ccccc5n4)cc3c3cccc1c32.